The highest BCUT2D eigenvalue weighted by molar-refractivity contribution is 5.41. The second-order valence-corrected chi connectivity index (χ2v) is 4.00. The van der Waals surface area contributed by atoms with Crippen molar-refractivity contribution in [3.8, 4) is 5.75 Å². The predicted octanol–water partition coefficient (Wildman–Crippen LogP) is 1.42. The van der Waals surface area contributed by atoms with Crippen molar-refractivity contribution in [2.24, 2.45) is 0 Å². The third-order valence-electron chi connectivity index (χ3n) is 2.98. The number of pyridine rings is 1. The molecule has 1 fully saturated rings. The fourth-order valence-corrected chi connectivity index (χ4v) is 1.77. The van der Waals surface area contributed by atoms with E-state index in [0.717, 1.165) is 24.4 Å². The predicted molar refractivity (Wildman–Crippen MR) is 58.1 cm³/mol. The van der Waals surface area contributed by atoms with Crippen LogP contribution >= 0.6 is 0 Å². The lowest BCUT2D eigenvalue weighted by molar-refractivity contribution is 0.144. The van der Waals surface area contributed by atoms with Crippen LogP contribution in [-0.4, -0.2) is 29.3 Å². The van der Waals surface area contributed by atoms with E-state index in [2.05, 4.69) is 10.3 Å². The summed E-state index contributed by atoms with van der Waals surface area (Å²) >= 11 is 0. The molecule has 0 saturated heterocycles. The fourth-order valence-electron chi connectivity index (χ4n) is 1.77. The Kier molecular flexibility index (Phi) is 2.77. The van der Waals surface area contributed by atoms with Crippen LogP contribution in [0.2, 0.25) is 0 Å². The molecule has 1 aromatic rings. The summed E-state index contributed by atoms with van der Waals surface area (Å²) in [4.78, 5) is 4.22. The van der Waals surface area contributed by atoms with E-state index < -0.39 is 0 Å². The molecule has 15 heavy (non-hydrogen) atoms. The lowest BCUT2D eigenvalue weighted by atomic mass is 9.77. The van der Waals surface area contributed by atoms with Crippen molar-refractivity contribution in [3.05, 3.63) is 18.3 Å². The van der Waals surface area contributed by atoms with E-state index in [1.165, 1.54) is 6.42 Å². The van der Waals surface area contributed by atoms with Crippen LogP contribution in [0.4, 0.5) is 5.82 Å². The topological polar surface area (TPSA) is 54.4 Å². The van der Waals surface area contributed by atoms with Crippen molar-refractivity contribution in [3.63, 3.8) is 0 Å². The monoisotopic (exact) mass is 208 g/mol. The zero-order valence-electron chi connectivity index (χ0n) is 8.86. The van der Waals surface area contributed by atoms with Crippen molar-refractivity contribution >= 4 is 5.82 Å². The molecule has 0 atom stereocenters. The second-order valence-electron chi connectivity index (χ2n) is 4.00. The van der Waals surface area contributed by atoms with Gasteiger partial charge in [-0.2, -0.15) is 0 Å². The van der Waals surface area contributed by atoms with Crippen LogP contribution in [-0.2, 0) is 0 Å². The maximum absolute atomic E-state index is 9.28. The first kappa shape index (κ1) is 10.2. The van der Waals surface area contributed by atoms with Crippen LogP contribution < -0.4 is 10.1 Å². The van der Waals surface area contributed by atoms with Crippen LogP contribution in [0.1, 0.15) is 19.3 Å². The lowest BCUT2D eigenvalue weighted by Crippen LogP contribution is -2.48. The number of hydrogen-bond acceptors (Lipinski definition) is 4. The molecule has 0 aliphatic heterocycles. The molecule has 0 amide bonds. The molecule has 0 bridgehead atoms. The number of nitrogens with zero attached hydrogens (tertiary/aromatic N) is 1. The average molecular weight is 208 g/mol. The Labute approximate surface area is 89.3 Å². The smallest absolute Gasteiger partial charge is 0.137 e. The molecule has 4 nitrogen and oxygen atoms in total. The summed E-state index contributed by atoms with van der Waals surface area (Å²) in [6.07, 6.45) is 4.87. The van der Waals surface area contributed by atoms with Gasteiger partial charge in [-0.1, -0.05) is 0 Å². The van der Waals surface area contributed by atoms with E-state index in [4.69, 9.17) is 4.74 Å². The van der Waals surface area contributed by atoms with E-state index in [-0.39, 0.29) is 12.1 Å². The first-order valence-electron chi connectivity index (χ1n) is 5.17. The molecule has 0 spiro atoms. The molecule has 2 N–H and O–H groups in total. The molecule has 1 saturated carbocycles. The highest BCUT2D eigenvalue weighted by Gasteiger charge is 2.36. The van der Waals surface area contributed by atoms with Gasteiger partial charge in [-0.15, -0.1) is 0 Å². The molecule has 82 valence electrons. The molecule has 1 aliphatic rings. The maximum Gasteiger partial charge on any atom is 0.137 e. The quantitative estimate of drug-likeness (QED) is 0.785. The summed E-state index contributed by atoms with van der Waals surface area (Å²) in [5.41, 5.74) is -0.137. The number of aliphatic hydroxyl groups excluding tert-OH is 1. The number of aromatic nitrogens is 1. The molecular weight excluding hydrogens is 192 g/mol. The van der Waals surface area contributed by atoms with Gasteiger partial charge in [-0.25, -0.2) is 4.98 Å². The highest BCUT2D eigenvalue weighted by Crippen LogP contribution is 2.34. The van der Waals surface area contributed by atoms with Crippen LogP contribution in [0.25, 0.3) is 0 Å². The Morgan fingerprint density at radius 1 is 1.53 bits per heavy atom. The van der Waals surface area contributed by atoms with E-state index in [1.807, 2.05) is 12.1 Å². The number of aliphatic hydroxyl groups is 1. The van der Waals surface area contributed by atoms with Gasteiger partial charge in [0.25, 0.3) is 0 Å². The summed E-state index contributed by atoms with van der Waals surface area (Å²) in [5.74, 6) is 1.54. The molecule has 0 radical (unpaired) electrons. The van der Waals surface area contributed by atoms with Crippen LogP contribution in [0.5, 0.6) is 5.75 Å². The molecule has 1 aliphatic carbocycles. The van der Waals surface area contributed by atoms with E-state index in [1.54, 1.807) is 13.3 Å². The minimum atomic E-state index is -0.137. The van der Waals surface area contributed by atoms with Crippen molar-refractivity contribution in [1.82, 2.24) is 4.98 Å². The number of anilines is 1. The van der Waals surface area contributed by atoms with Gasteiger partial charge in [0.05, 0.1) is 25.5 Å². The number of nitrogens with one attached hydrogen (secondary N) is 1. The third-order valence-corrected chi connectivity index (χ3v) is 2.98. The first-order chi connectivity index (χ1) is 7.28. The van der Waals surface area contributed by atoms with Gasteiger partial charge in [0.2, 0.25) is 0 Å². The van der Waals surface area contributed by atoms with Gasteiger partial charge >= 0.3 is 0 Å². The van der Waals surface area contributed by atoms with Crippen LogP contribution in [0, 0.1) is 0 Å². The zero-order chi connectivity index (χ0) is 10.7. The second kappa shape index (κ2) is 4.06. The SMILES string of the molecule is COc1ccc(NC2(CO)CCC2)nc1. The van der Waals surface area contributed by atoms with E-state index in [0.29, 0.717) is 0 Å². The molecule has 4 heteroatoms. The van der Waals surface area contributed by atoms with Gasteiger partial charge in [0.15, 0.2) is 0 Å². The van der Waals surface area contributed by atoms with Gasteiger partial charge < -0.3 is 15.2 Å². The summed E-state index contributed by atoms with van der Waals surface area (Å²) in [5, 5.41) is 12.6. The first-order valence-corrected chi connectivity index (χ1v) is 5.17. The van der Waals surface area contributed by atoms with Crippen molar-refractivity contribution in [1.29, 1.82) is 0 Å². The van der Waals surface area contributed by atoms with Crippen molar-refractivity contribution < 1.29 is 9.84 Å². The van der Waals surface area contributed by atoms with Gasteiger partial charge in [0.1, 0.15) is 11.6 Å². The summed E-state index contributed by atoms with van der Waals surface area (Å²) in [6.45, 7) is 0.167. The van der Waals surface area contributed by atoms with E-state index >= 15 is 0 Å². The summed E-state index contributed by atoms with van der Waals surface area (Å²) < 4.78 is 5.03. The minimum absolute atomic E-state index is 0.137. The van der Waals surface area contributed by atoms with Crippen molar-refractivity contribution in [2.45, 2.75) is 24.8 Å². The molecule has 0 aromatic carbocycles. The molecule has 2 rings (SSSR count). The number of methoxy groups -OCH3 is 1. The average Bonchev–Trinajstić information content (AvgIpc) is 2.24. The Morgan fingerprint density at radius 3 is 2.73 bits per heavy atom. The van der Waals surface area contributed by atoms with Crippen LogP contribution in [0.3, 0.4) is 0 Å². The van der Waals surface area contributed by atoms with Crippen LogP contribution in [0.15, 0.2) is 18.3 Å². The van der Waals surface area contributed by atoms with E-state index in [9.17, 15) is 5.11 Å². The summed E-state index contributed by atoms with van der Waals surface area (Å²) in [7, 11) is 1.62. The zero-order valence-corrected chi connectivity index (χ0v) is 8.86. The largest absolute Gasteiger partial charge is 0.495 e. The van der Waals surface area contributed by atoms with Gasteiger partial charge in [-0.3, -0.25) is 0 Å². The Balaban J connectivity index is 2.03. The van der Waals surface area contributed by atoms with Gasteiger partial charge in [-0.05, 0) is 31.4 Å². The maximum atomic E-state index is 9.28. The van der Waals surface area contributed by atoms with Crippen molar-refractivity contribution in [2.75, 3.05) is 19.0 Å². The Hall–Kier alpha value is -1.29. The number of ether oxygens (including phenoxy) is 1. The number of rotatable bonds is 4. The lowest BCUT2D eigenvalue weighted by Gasteiger charge is -2.41. The molecular formula is C11H16N2O2. The summed E-state index contributed by atoms with van der Waals surface area (Å²) in [6, 6.07) is 3.73. The molecule has 1 heterocycles. The standard InChI is InChI=1S/C11H16N2O2/c1-15-9-3-4-10(12-7-9)13-11(8-14)5-2-6-11/h3-4,7,14H,2,5-6,8H2,1H3,(H,12,13). The molecule has 1 aromatic heterocycles. The third kappa shape index (κ3) is 2.04. The Bertz CT molecular complexity index is 314. The highest BCUT2D eigenvalue weighted by atomic mass is 16.5. The van der Waals surface area contributed by atoms with Gasteiger partial charge in [0, 0.05) is 0 Å². The molecule has 0 unspecified atom stereocenters. The minimum Gasteiger partial charge on any atom is -0.495 e. The normalized spacial score (nSPS) is 18.0. The fraction of sp³-hybridized carbons (Fsp3) is 0.545. The number of hydrogen-bond donors (Lipinski definition) is 2. The Morgan fingerprint density at radius 2 is 2.33 bits per heavy atom.